The van der Waals surface area contributed by atoms with E-state index in [4.69, 9.17) is 11.6 Å². The van der Waals surface area contributed by atoms with E-state index in [0.717, 1.165) is 25.8 Å². The summed E-state index contributed by atoms with van der Waals surface area (Å²) in [5.41, 5.74) is 2.11. The molecule has 2 aromatic rings. The van der Waals surface area contributed by atoms with Gasteiger partial charge in [0.15, 0.2) is 0 Å². The van der Waals surface area contributed by atoms with Crippen molar-refractivity contribution in [1.82, 2.24) is 0 Å². The fourth-order valence-electron chi connectivity index (χ4n) is 1.65. The zero-order valence-corrected chi connectivity index (χ0v) is 11.3. The molecule has 0 radical (unpaired) electrons. The molecule has 0 amide bonds. The van der Waals surface area contributed by atoms with E-state index in [1.165, 1.54) is 4.90 Å². The summed E-state index contributed by atoms with van der Waals surface area (Å²) in [5.74, 6) is 0. The van der Waals surface area contributed by atoms with E-state index in [1.807, 2.05) is 18.2 Å². The molecule has 4 heteroatoms. The van der Waals surface area contributed by atoms with E-state index in [9.17, 15) is 0 Å². The summed E-state index contributed by atoms with van der Waals surface area (Å²) in [6.07, 6.45) is 0. The standard InChI is InChI=1S/C12H7BrClNS/c13-7-4-5-9-11(6-7)16-10-3-1-2-8(14)12(10)15-9/h1-6,15H. The van der Waals surface area contributed by atoms with E-state index in [0.29, 0.717) is 0 Å². The first-order valence-corrected chi connectivity index (χ1v) is 6.76. The molecule has 1 aliphatic rings. The highest BCUT2D eigenvalue weighted by atomic mass is 79.9. The van der Waals surface area contributed by atoms with Crippen LogP contribution in [0.25, 0.3) is 0 Å². The lowest BCUT2D eigenvalue weighted by Crippen LogP contribution is -2.00. The number of benzene rings is 2. The van der Waals surface area contributed by atoms with Gasteiger partial charge in [0.2, 0.25) is 0 Å². The monoisotopic (exact) mass is 311 g/mol. The minimum absolute atomic E-state index is 0.763. The van der Waals surface area contributed by atoms with E-state index in [-0.39, 0.29) is 0 Å². The summed E-state index contributed by atoms with van der Waals surface area (Å²) in [4.78, 5) is 2.38. The first-order chi connectivity index (χ1) is 7.74. The Kier molecular flexibility index (Phi) is 2.62. The Morgan fingerprint density at radius 1 is 1.12 bits per heavy atom. The van der Waals surface area contributed by atoms with Gasteiger partial charge in [-0.2, -0.15) is 0 Å². The zero-order valence-electron chi connectivity index (χ0n) is 8.13. The SMILES string of the molecule is Clc1cccc2c1Nc1ccc(Br)cc1S2. The van der Waals surface area contributed by atoms with Crippen LogP contribution in [0.15, 0.2) is 50.7 Å². The van der Waals surface area contributed by atoms with Gasteiger partial charge in [0.1, 0.15) is 0 Å². The predicted octanol–water partition coefficient (Wildman–Crippen LogP) is 5.31. The van der Waals surface area contributed by atoms with E-state index < -0.39 is 0 Å². The minimum Gasteiger partial charge on any atom is -0.352 e. The fourth-order valence-corrected chi connectivity index (χ4v) is 3.50. The molecular weight excluding hydrogens is 306 g/mol. The Morgan fingerprint density at radius 2 is 2.00 bits per heavy atom. The molecule has 0 saturated carbocycles. The topological polar surface area (TPSA) is 12.0 Å². The number of halogens is 2. The maximum Gasteiger partial charge on any atom is 0.0715 e. The maximum atomic E-state index is 6.15. The van der Waals surface area contributed by atoms with Gasteiger partial charge in [-0.15, -0.1) is 0 Å². The highest BCUT2D eigenvalue weighted by Gasteiger charge is 2.17. The van der Waals surface area contributed by atoms with Crippen LogP contribution in [0, 0.1) is 0 Å². The Bertz CT molecular complexity index is 571. The molecular formula is C12H7BrClNS. The quantitative estimate of drug-likeness (QED) is 0.603. The van der Waals surface area contributed by atoms with Crippen molar-refractivity contribution in [2.24, 2.45) is 0 Å². The number of hydrogen-bond acceptors (Lipinski definition) is 2. The Morgan fingerprint density at radius 3 is 2.88 bits per heavy atom. The summed E-state index contributed by atoms with van der Waals surface area (Å²) in [7, 11) is 0. The van der Waals surface area contributed by atoms with Crippen LogP contribution in [0.3, 0.4) is 0 Å². The molecule has 1 heterocycles. The zero-order chi connectivity index (χ0) is 11.1. The number of anilines is 2. The predicted molar refractivity (Wildman–Crippen MR) is 73.0 cm³/mol. The fraction of sp³-hybridized carbons (Fsp3) is 0. The van der Waals surface area contributed by atoms with Crippen molar-refractivity contribution < 1.29 is 0 Å². The normalized spacial score (nSPS) is 12.6. The third kappa shape index (κ3) is 1.73. The molecule has 0 bridgehead atoms. The second kappa shape index (κ2) is 3.99. The third-order valence-electron chi connectivity index (χ3n) is 2.40. The van der Waals surface area contributed by atoms with Crippen molar-refractivity contribution >= 4 is 50.7 Å². The molecule has 1 aliphatic heterocycles. The average molecular weight is 313 g/mol. The van der Waals surface area contributed by atoms with Crippen LogP contribution in [0.5, 0.6) is 0 Å². The van der Waals surface area contributed by atoms with E-state index >= 15 is 0 Å². The summed E-state index contributed by atoms with van der Waals surface area (Å²) in [6, 6.07) is 12.1. The largest absolute Gasteiger partial charge is 0.352 e. The summed E-state index contributed by atoms with van der Waals surface area (Å²) in [6.45, 7) is 0. The molecule has 0 unspecified atom stereocenters. The van der Waals surface area contributed by atoms with Gasteiger partial charge in [-0.05, 0) is 30.3 Å². The lowest BCUT2D eigenvalue weighted by Gasteiger charge is -2.21. The molecule has 1 N–H and O–H groups in total. The molecule has 16 heavy (non-hydrogen) atoms. The van der Waals surface area contributed by atoms with E-state index in [1.54, 1.807) is 11.8 Å². The summed E-state index contributed by atoms with van der Waals surface area (Å²) < 4.78 is 1.09. The lowest BCUT2D eigenvalue weighted by molar-refractivity contribution is 1.31. The second-order valence-electron chi connectivity index (χ2n) is 3.48. The van der Waals surface area contributed by atoms with Crippen LogP contribution < -0.4 is 5.32 Å². The molecule has 0 atom stereocenters. The first kappa shape index (κ1) is 10.5. The van der Waals surface area contributed by atoms with Gasteiger partial charge in [0, 0.05) is 14.3 Å². The maximum absolute atomic E-state index is 6.15. The smallest absolute Gasteiger partial charge is 0.0715 e. The van der Waals surface area contributed by atoms with Crippen LogP contribution in [-0.4, -0.2) is 0 Å². The van der Waals surface area contributed by atoms with Gasteiger partial charge >= 0.3 is 0 Å². The summed E-state index contributed by atoms with van der Waals surface area (Å²) in [5, 5.41) is 4.12. The lowest BCUT2D eigenvalue weighted by atomic mass is 10.2. The van der Waals surface area contributed by atoms with Gasteiger partial charge < -0.3 is 5.32 Å². The highest BCUT2D eigenvalue weighted by Crippen LogP contribution is 2.47. The number of nitrogens with one attached hydrogen (secondary N) is 1. The van der Waals surface area contributed by atoms with E-state index in [2.05, 4.69) is 39.4 Å². The van der Waals surface area contributed by atoms with Crippen molar-refractivity contribution in [1.29, 1.82) is 0 Å². The highest BCUT2D eigenvalue weighted by molar-refractivity contribution is 9.10. The molecule has 1 nitrogen and oxygen atoms in total. The van der Waals surface area contributed by atoms with Gasteiger partial charge in [-0.25, -0.2) is 0 Å². The molecule has 3 rings (SSSR count). The molecule has 0 fully saturated rings. The van der Waals surface area contributed by atoms with Crippen LogP contribution in [0.4, 0.5) is 11.4 Å². The first-order valence-electron chi connectivity index (χ1n) is 4.77. The van der Waals surface area contributed by atoms with Gasteiger partial charge in [0.05, 0.1) is 16.4 Å². The Labute approximate surface area is 111 Å². The molecule has 0 aromatic heterocycles. The van der Waals surface area contributed by atoms with Gasteiger partial charge in [-0.1, -0.05) is 45.4 Å². The molecule has 2 aromatic carbocycles. The molecule has 0 spiro atoms. The van der Waals surface area contributed by atoms with Crippen molar-refractivity contribution in [2.45, 2.75) is 9.79 Å². The molecule has 80 valence electrons. The van der Waals surface area contributed by atoms with Crippen LogP contribution in [-0.2, 0) is 0 Å². The minimum atomic E-state index is 0.763. The Hall–Kier alpha value is -0.640. The number of hydrogen-bond donors (Lipinski definition) is 1. The number of rotatable bonds is 0. The Balaban J connectivity index is 2.13. The van der Waals surface area contributed by atoms with Crippen LogP contribution in [0.1, 0.15) is 0 Å². The van der Waals surface area contributed by atoms with Gasteiger partial charge in [-0.3, -0.25) is 0 Å². The summed E-state index contributed by atoms with van der Waals surface area (Å²) >= 11 is 11.4. The molecule has 0 aliphatic carbocycles. The van der Waals surface area contributed by atoms with Crippen molar-refractivity contribution in [3.8, 4) is 0 Å². The van der Waals surface area contributed by atoms with Crippen molar-refractivity contribution in [3.63, 3.8) is 0 Å². The number of para-hydroxylation sites is 1. The van der Waals surface area contributed by atoms with Crippen LogP contribution >= 0.6 is 39.3 Å². The third-order valence-corrected chi connectivity index (χ3v) is 4.32. The van der Waals surface area contributed by atoms with Crippen molar-refractivity contribution in [2.75, 3.05) is 5.32 Å². The molecule has 0 saturated heterocycles. The van der Waals surface area contributed by atoms with Crippen molar-refractivity contribution in [3.05, 3.63) is 45.9 Å². The van der Waals surface area contributed by atoms with Gasteiger partial charge in [0.25, 0.3) is 0 Å². The average Bonchev–Trinajstić information content (AvgIpc) is 2.27. The van der Waals surface area contributed by atoms with Crippen LogP contribution in [0.2, 0.25) is 5.02 Å². The number of fused-ring (bicyclic) bond motifs is 2. The second-order valence-corrected chi connectivity index (χ2v) is 5.89.